The second-order valence-electron chi connectivity index (χ2n) is 7.98. The normalized spacial score (nSPS) is 10.6. The fraction of sp³-hybridized carbons (Fsp3) is 0.185. The van der Waals surface area contributed by atoms with Crippen LogP contribution in [0.4, 0.5) is 5.69 Å². The zero-order valence-electron chi connectivity index (χ0n) is 19.7. The van der Waals surface area contributed by atoms with Crippen LogP contribution in [0.15, 0.2) is 54.7 Å². The summed E-state index contributed by atoms with van der Waals surface area (Å²) in [5, 5.41) is 17.0. The Bertz CT molecular complexity index is 1470. The largest absolute Gasteiger partial charge is 0.495 e. The monoisotopic (exact) mass is 519 g/mol. The molecule has 4 aromatic rings. The number of hydrogen-bond donors (Lipinski definition) is 2. The van der Waals surface area contributed by atoms with Crippen LogP contribution in [0.25, 0.3) is 10.9 Å². The van der Waals surface area contributed by atoms with Gasteiger partial charge in [0.25, 0.3) is 5.91 Å². The zero-order valence-corrected chi connectivity index (χ0v) is 21.2. The number of rotatable bonds is 8. The van der Waals surface area contributed by atoms with Crippen LogP contribution < -0.4 is 15.4 Å². The number of amides is 1. The lowest BCUT2D eigenvalue weighted by Gasteiger charge is -2.18. The number of benzene rings is 2. The van der Waals surface area contributed by atoms with Crippen molar-refractivity contribution in [1.82, 2.24) is 15.3 Å². The lowest BCUT2D eigenvalue weighted by atomic mass is 10.00. The van der Waals surface area contributed by atoms with E-state index in [1.807, 2.05) is 25.1 Å². The third-order valence-electron chi connectivity index (χ3n) is 5.70. The summed E-state index contributed by atoms with van der Waals surface area (Å²) < 4.78 is 5.23. The van der Waals surface area contributed by atoms with E-state index in [1.54, 1.807) is 43.6 Å². The van der Waals surface area contributed by atoms with E-state index in [9.17, 15) is 10.1 Å². The van der Waals surface area contributed by atoms with Crippen molar-refractivity contribution < 1.29 is 9.53 Å². The summed E-state index contributed by atoms with van der Waals surface area (Å²) in [6.07, 6.45) is 2.31. The topological polar surface area (TPSA) is 99.9 Å². The molecular weight excluding hydrogens is 497 g/mol. The van der Waals surface area contributed by atoms with Gasteiger partial charge in [0.1, 0.15) is 16.5 Å². The maximum absolute atomic E-state index is 13.4. The number of hydrogen-bond acceptors (Lipinski definition) is 6. The maximum Gasteiger partial charge on any atom is 0.256 e. The molecule has 182 valence electrons. The van der Waals surface area contributed by atoms with E-state index < -0.39 is 5.91 Å². The highest BCUT2D eigenvalue weighted by molar-refractivity contribution is 6.34. The number of fused-ring (bicyclic) bond motifs is 1. The molecule has 0 saturated carbocycles. The van der Waals surface area contributed by atoms with E-state index in [0.29, 0.717) is 51.6 Å². The fourth-order valence-electron chi connectivity index (χ4n) is 3.91. The van der Waals surface area contributed by atoms with Crippen LogP contribution in [0.5, 0.6) is 5.75 Å². The van der Waals surface area contributed by atoms with Gasteiger partial charge in [0.05, 0.1) is 47.2 Å². The van der Waals surface area contributed by atoms with Gasteiger partial charge in [0.2, 0.25) is 0 Å². The second-order valence-corrected chi connectivity index (χ2v) is 8.74. The van der Waals surface area contributed by atoms with Crippen molar-refractivity contribution >= 4 is 45.7 Å². The van der Waals surface area contributed by atoms with E-state index in [1.165, 1.54) is 0 Å². The number of methoxy groups -OCH3 is 1. The Morgan fingerprint density at radius 3 is 2.64 bits per heavy atom. The first-order chi connectivity index (χ1) is 17.4. The lowest BCUT2D eigenvalue weighted by Crippen LogP contribution is -2.25. The Labute approximate surface area is 219 Å². The van der Waals surface area contributed by atoms with Gasteiger partial charge in [0.15, 0.2) is 0 Å². The molecule has 0 unspecified atom stereocenters. The smallest absolute Gasteiger partial charge is 0.256 e. The first-order valence-corrected chi connectivity index (χ1v) is 12.0. The molecule has 0 atom stereocenters. The average molecular weight is 520 g/mol. The molecule has 2 N–H and O–H groups in total. The number of nitriles is 1. The first kappa shape index (κ1) is 25.2. The minimum Gasteiger partial charge on any atom is -0.495 e. The summed E-state index contributed by atoms with van der Waals surface area (Å²) in [6.45, 7) is 2.55. The van der Waals surface area contributed by atoms with Crippen molar-refractivity contribution in [2.24, 2.45) is 0 Å². The average Bonchev–Trinajstić information content (AvgIpc) is 2.90. The molecule has 9 heteroatoms. The van der Waals surface area contributed by atoms with Gasteiger partial charge in [-0.3, -0.25) is 9.78 Å². The third kappa shape index (κ3) is 5.35. The van der Waals surface area contributed by atoms with Crippen LogP contribution in [0.2, 0.25) is 10.2 Å². The standard InChI is InChI=1S/C27H23Cl2N5O2/c1-3-18-10-17(13-30)11-20-24(18)34-26(29)23(27(35)33-15-19-6-4-5-9-31-19)25(20)32-14-16-7-8-22(36-2)21(28)12-16/h4-12H,3,14-15H2,1-2H3,(H,32,34)(H,33,35). The second kappa shape index (κ2) is 11.3. The molecule has 0 radical (unpaired) electrons. The van der Waals surface area contributed by atoms with E-state index in [0.717, 1.165) is 11.1 Å². The predicted molar refractivity (Wildman–Crippen MR) is 142 cm³/mol. The number of anilines is 1. The number of aromatic nitrogens is 2. The number of nitrogens with one attached hydrogen (secondary N) is 2. The molecule has 0 aliphatic rings. The molecule has 2 heterocycles. The zero-order chi connectivity index (χ0) is 25.7. The van der Waals surface area contributed by atoms with Crippen molar-refractivity contribution in [2.45, 2.75) is 26.4 Å². The Morgan fingerprint density at radius 2 is 1.97 bits per heavy atom. The molecule has 4 rings (SSSR count). The fourth-order valence-corrected chi connectivity index (χ4v) is 4.45. The number of aryl methyl sites for hydroxylation is 1. The van der Waals surface area contributed by atoms with Crippen molar-refractivity contribution in [3.05, 3.63) is 92.9 Å². The van der Waals surface area contributed by atoms with Crippen molar-refractivity contribution in [3.63, 3.8) is 0 Å². The molecule has 0 fully saturated rings. The van der Waals surface area contributed by atoms with Crippen molar-refractivity contribution in [3.8, 4) is 11.8 Å². The van der Waals surface area contributed by atoms with E-state index in [4.69, 9.17) is 27.9 Å². The number of carbonyl (C=O) groups is 1. The molecule has 1 amide bonds. The number of carbonyl (C=O) groups excluding carboxylic acids is 1. The Morgan fingerprint density at radius 1 is 1.14 bits per heavy atom. The van der Waals surface area contributed by atoms with Crippen LogP contribution in [-0.4, -0.2) is 23.0 Å². The molecule has 0 saturated heterocycles. The van der Waals surface area contributed by atoms with Crippen LogP contribution in [0.1, 0.15) is 39.7 Å². The van der Waals surface area contributed by atoms with Gasteiger partial charge in [-0.2, -0.15) is 5.26 Å². The summed E-state index contributed by atoms with van der Waals surface area (Å²) in [5.74, 6) is 0.161. The van der Waals surface area contributed by atoms with Gasteiger partial charge >= 0.3 is 0 Å². The summed E-state index contributed by atoms with van der Waals surface area (Å²) >= 11 is 12.9. The SMILES string of the molecule is CCc1cc(C#N)cc2c(NCc3ccc(OC)c(Cl)c3)c(C(=O)NCc3ccccn3)c(Cl)nc12. The predicted octanol–water partition coefficient (Wildman–Crippen LogP) is 5.92. The van der Waals surface area contributed by atoms with Crippen LogP contribution in [0.3, 0.4) is 0 Å². The van der Waals surface area contributed by atoms with Crippen LogP contribution >= 0.6 is 23.2 Å². The minimum atomic E-state index is -0.407. The van der Waals surface area contributed by atoms with E-state index in [2.05, 4.69) is 26.7 Å². The minimum absolute atomic E-state index is 0.0655. The molecule has 0 aliphatic carbocycles. The van der Waals surface area contributed by atoms with Gasteiger partial charge in [-0.25, -0.2) is 4.98 Å². The highest BCUT2D eigenvalue weighted by Crippen LogP contribution is 2.35. The lowest BCUT2D eigenvalue weighted by molar-refractivity contribution is 0.0951. The van der Waals surface area contributed by atoms with Gasteiger partial charge in [-0.05, 0) is 53.9 Å². The van der Waals surface area contributed by atoms with Crippen LogP contribution in [0, 0.1) is 11.3 Å². The highest BCUT2D eigenvalue weighted by Gasteiger charge is 2.22. The molecule has 2 aromatic carbocycles. The number of pyridine rings is 2. The van der Waals surface area contributed by atoms with Crippen molar-refractivity contribution in [2.75, 3.05) is 12.4 Å². The third-order valence-corrected chi connectivity index (χ3v) is 6.27. The van der Waals surface area contributed by atoms with Crippen LogP contribution in [-0.2, 0) is 19.5 Å². The summed E-state index contributed by atoms with van der Waals surface area (Å²) in [7, 11) is 1.55. The summed E-state index contributed by atoms with van der Waals surface area (Å²) in [6, 6.07) is 16.6. The Balaban J connectivity index is 1.78. The Hall–Kier alpha value is -3.86. The van der Waals surface area contributed by atoms with E-state index in [-0.39, 0.29) is 17.3 Å². The van der Waals surface area contributed by atoms with Crippen molar-refractivity contribution in [1.29, 1.82) is 5.26 Å². The quantitative estimate of drug-likeness (QED) is 0.280. The van der Waals surface area contributed by atoms with Gasteiger partial charge in [-0.15, -0.1) is 0 Å². The number of halogens is 2. The van der Waals surface area contributed by atoms with Gasteiger partial charge in [-0.1, -0.05) is 42.3 Å². The molecule has 36 heavy (non-hydrogen) atoms. The number of ether oxygens (including phenoxy) is 1. The summed E-state index contributed by atoms with van der Waals surface area (Å²) in [5.41, 5.74) is 4.23. The number of nitrogens with zero attached hydrogens (tertiary/aromatic N) is 3. The molecular formula is C27H23Cl2N5O2. The van der Waals surface area contributed by atoms with Gasteiger partial charge in [0, 0.05) is 18.1 Å². The first-order valence-electron chi connectivity index (χ1n) is 11.3. The molecule has 2 aromatic heterocycles. The molecule has 7 nitrogen and oxygen atoms in total. The maximum atomic E-state index is 13.4. The van der Waals surface area contributed by atoms with E-state index >= 15 is 0 Å². The molecule has 0 spiro atoms. The Kier molecular flexibility index (Phi) is 7.89. The molecule has 0 bridgehead atoms. The highest BCUT2D eigenvalue weighted by atomic mass is 35.5. The molecule has 0 aliphatic heterocycles. The van der Waals surface area contributed by atoms with Gasteiger partial charge < -0.3 is 15.4 Å². The summed E-state index contributed by atoms with van der Waals surface area (Å²) in [4.78, 5) is 22.2.